The Balaban J connectivity index is 2.64. The topological polar surface area (TPSA) is 43.4 Å². The van der Waals surface area contributed by atoms with Gasteiger partial charge in [-0.25, -0.2) is 0 Å². The molecule has 0 bridgehead atoms. The summed E-state index contributed by atoms with van der Waals surface area (Å²) >= 11 is 0. The molecule has 0 heterocycles. The van der Waals surface area contributed by atoms with Crippen LogP contribution >= 0.6 is 0 Å². The van der Waals surface area contributed by atoms with Crippen LogP contribution in [0.15, 0.2) is 29.2 Å². The van der Waals surface area contributed by atoms with Gasteiger partial charge in [0.2, 0.25) is 0 Å². The van der Waals surface area contributed by atoms with Crippen LogP contribution in [0.2, 0.25) is 0 Å². The average Bonchev–Trinajstić information content (AvgIpc) is 2.18. The lowest BCUT2D eigenvalue weighted by molar-refractivity contribution is -0.134. The summed E-state index contributed by atoms with van der Waals surface area (Å²) in [7, 11) is -0.994. The standard InChI is InChI=1S/C11H14O3S/c1-3-4-11(12)14-9-5-7-10(8-6-9)15(2)13/h5-8H,3-4H2,1-2H3. The van der Waals surface area contributed by atoms with E-state index < -0.39 is 10.8 Å². The third kappa shape index (κ3) is 3.83. The van der Waals surface area contributed by atoms with Gasteiger partial charge in [-0.3, -0.25) is 9.00 Å². The zero-order valence-corrected chi connectivity index (χ0v) is 9.67. The van der Waals surface area contributed by atoms with Crippen LogP contribution in [0.1, 0.15) is 19.8 Å². The van der Waals surface area contributed by atoms with Gasteiger partial charge in [-0.15, -0.1) is 0 Å². The van der Waals surface area contributed by atoms with Crippen molar-refractivity contribution in [1.82, 2.24) is 0 Å². The Morgan fingerprint density at radius 3 is 2.40 bits per heavy atom. The van der Waals surface area contributed by atoms with Crippen molar-refractivity contribution in [2.24, 2.45) is 0 Å². The molecule has 0 amide bonds. The summed E-state index contributed by atoms with van der Waals surface area (Å²) in [5, 5.41) is 0. The van der Waals surface area contributed by atoms with Crippen molar-refractivity contribution in [1.29, 1.82) is 0 Å². The summed E-state index contributed by atoms with van der Waals surface area (Å²) in [5.41, 5.74) is 0. The Morgan fingerprint density at radius 2 is 1.93 bits per heavy atom. The first-order chi connectivity index (χ1) is 7.13. The summed E-state index contributed by atoms with van der Waals surface area (Å²) in [6, 6.07) is 6.71. The molecule has 1 rings (SSSR count). The molecule has 0 radical (unpaired) electrons. The molecule has 0 saturated carbocycles. The number of carbonyl (C=O) groups excluding carboxylic acids is 1. The van der Waals surface area contributed by atoms with Gasteiger partial charge in [0.1, 0.15) is 5.75 Å². The van der Waals surface area contributed by atoms with Crippen LogP contribution in [-0.4, -0.2) is 16.4 Å². The van der Waals surface area contributed by atoms with Gasteiger partial charge < -0.3 is 4.74 Å². The van der Waals surface area contributed by atoms with Gasteiger partial charge >= 0.3 is 5.97 Å². The maximum Gasteiger partial charge on any atom is 0.311 e. The van der Waals surface area contributed by atoms with E-state index in [9.17, 15) is 9.00 Å². The molecule has 0 aromatic heterocycles. The third-order valence-corrected chi connectivity index (χ3v) is 2.78. The first kappa shape index (κ1) is 11.9. The van der Waals surface area contributed by atoms with Crippen LogP contribution in [-0.2, 0) is 15.6 Å². The van der Waals surface area contributed by atoms with E-state index in [0.717, 1.165) is 11.3 Å². The monoisotopic (exact) mass is 226 g/mol. The fraction of sp³-hybridized carbons (Fsp3) is 0.364. The minimum Gasteiger partial charge on any atom is -0.427 e. The molecular formula is C11H14O3S. The normalized spacial score (nSPS) is 12.1. The molecule has 0 aliphatic rings. The van der Waals surface area contributed by atoms with Gasteiger partial charge in [-0.1, -0.05) is 6.92 Å². The van der Waals surface area contributed by atoms with E-state index in [1.54, 1.807) is 30.5 Å². The average molecular weight is 226 g/mol. The highest BCUT2D eigenvalue weighted by Gasteiger charge is 2.03. The van der Waals surface area contributed by atoms with Crippen LogP contribution in [0.4, 0.5) is 0 Å². The van der Waals surface area contributed by atoms with Gasteiger partial charge in [0.05, 0.1) is 0 Å². The van der Waals surface area contributed by atoms with Crippen molar-refractivity contribution in [3.05, 3.63) is 24.3 Å². The van der Waals surface area contributed by atoms with Gasteiger partial charge in [-0.05, 0) is 30.7 Å². The highest BCUT2D eigenvalue weighted by atomic mass is 32.2. The van der Waals surface area contributed by atoms with E-state index in [0.29, 0.717) is 12.2 Å². The molecule has 1 atom stereocenters. The van der Waals surface area contributed by atoms with Gasteiger partial charge in [0, 0.05) is 28.4 Å². The van der Waals surface area contributed by atoms with Crippen LogP contribution in [0.25, 0.3) is 0 Å². The molecule has 82 valence electrons. The molecule has 0 aliphatic carbocycles. The predicted molar refractivity (Wildman–Crippen MR) is 59.3 cm³/mol. The molecule has 1 aromatic rings. The Bertz CT molecular complexity index is 357. The number of esters is 1. The Hall–Kier alpha value is -1.16. The van der Waals surface area contributed by atoms with Crippen molar-refractivity contribution in [3.63, 3.8) is 0 Å². The first-order valence-corrected chi connectivity index (χ1v) is 6.33. The number of rotatable bonds is 4. The summed E-state index contributed by atoms with van der Waals surface area (Å²) in [4.78, 5) is 11.9. The molecule has 0 fully saturated rings. The molecule has 1 aromatic carbocycles. The lowest BCUT2D eigenvalue weighted by Crippen LogP contribution is -2.06. The van der Waals surface area contributed by atoms with Crippen molar-refractivity contribution in [3.8, 4) is 5.75 Å². The highest BCUT2D eigenvalue weighted by Crippen LogP contribution is 2.14. The smallest absolute Gasteiger partial charge is 0.311 e. The molecule has 4 heteroatoms. The second-order valence-electron chi connectivity index (χ2n) is 3.15. The van der Waals surface area contributed by atoms with E-state index in [-0.39, 0.29) is 5.97 Å². The van der Waals surface area contributed by atoms with E-state index in [1.165, 1.54) is 0 Å². The zero-order chi connectivity index (χ0) is 11.3. The number of ether oxygens (including phenoxy) is 1. The Kier molecular flexibility index (Phi) is 4.49. The number of benzene rings is 1. The number of carbonyl (C=O) groups is 1. The van der Waals surface area contributed by atoms with Crippen LogP contribution in [0, 0.1) is 0 Å². The van der Waals surface area contributed by atoms with Crippen molar-refractivity contribution >= 4 is 16.8 Å². The first-order valence-electron chi connectivity index (χ1n) is 4.77. The van der Waals surface area contributed by atoms with E-state index >= 15 is 0 Å². The SMILES string of the molecule is CCCC(=O)Oc1ccc(S(C)=O)cc1. The molecule has 0 aliphatic heterocycles. The lowest BCUT2D eigenvalue weighted by atomic mass is 10.3. The van der Waals surface area contributed by atoms with E-state index in [1.807, 2.05) is 6.92 Å². The number of hydrogen-bond acceptors (Lipinski definition) is 3. The van der Waals surface area contributed by atoms with Gasteiger partial charge in [0.25, 0.3) is 0 Å². The predicted octanol–water partition coefficient (Wildman–Crippen LogP) is 2.13. The van der Waals surface area contributed by atoms with E-state index in [2.05, 4.69) is 0 Å². The molecule has 15 heavy (non-hydrogen) atoms. The highest BCUT2D eigenvalue weighted by molar-refractivity contribution is 7.84. The quantitative estimate of drug-likeness (QED) is 0.583. The van der Waals surface area contributed by atoms with Crippen LogP contribution in [0.5, 0.6) is 5.75 Å². The summed E-state index contributed by atoms with van der Waals surface area (Å²) < 4.78 is 16.1. The lowest BCUT2D eigenvalue weighted by Gasteiger charge is -2.03. The maximum absolute atomic E-state index is 11.1. The largest absolute Gasteiger partial charge is 0.427 e. The Morgan fingerprint density at radius 1 is 1.33 bits per heavy atom. The number of hydrogen-bond donors (Lipinski definition) is 0. The minimum absolute atomic E-state index is 0.233. The van der Waals surface area contributed by atoms with E-state index in [4.69, 9.17) is 4.74 Å². The van der Waals surface area contributed by atoms with Crippen LogP contribution in [0.3, 0.4) is 0 Å². The molecular weight excluding hydrogens is 212 g/mol. The molecule has 1 unspecified atom stereocenters. The summed E-state index contributed by atoms with van der Waals surface area (Å²) in [6.07, 6.45) is 2.80. The van der Waals surface area contributed by atoms with Crippen molar-refractivity contribution in [2.75, 3.05) is 6.26 Å². The molecule has 0 spiro atoms. The fourth-order valence-electron chi connectivity index (χ4n) is 1.09. The van der Waals surface area contributed by atoms with Crippen molar-refractivity contribution in [2.45, 2.75) is 24.7 Å². The Labute approximate surface area is 91.9 Å². The maximum atomic E-state index is 11.1. The second kappa shape index (κ2) is 5.66. The van der Waals surface area contributed by atoms with Gasteiger partial charge in [0.15, 0.2) is 0 Å². The van der Waals surface area contributed by atoms with Crippen LogP contribution < -0.4 is 4.74 Å². The minimum atomic E-state index is -0.994. The molecule has 0 saturated heterocycles. The third-order valence-electron chi connectivity index (χ3n) is 1.84. The second-order valence-corrected chi connectivity index (χ2v) is 4.53. The van der Waals surface area contributed by atoms with Gasteiger partial charge in [-0.2, -0.15) is 0 Å². The zero-order valence-electron chi connectivity index (χ0n) is 8.86. The summed E-state index contributed by atoms with van der Waals surface area (Å²) in [6.45, 7) is 1.92. The fourth-order valence-corrected chi connectivity index (χ4v) is 1.61. The summed E-state index contributed by atoms with van der Waals surface area (Å²) in [5.74, 6) is 0.269. The molecule has 3 nitrogen and oxygen atoms in total. The molecule has 0 N–H and O–H groups in total. The van der Waals surface area contributed by atoms with Crippen molar-refractivity contribution < 1.29 is 13.7 Å².